The molecule has 0 spiro atoms. The monoisotopic (exact) mass is 247 g/mol. The molecule has 2 heteroatoms. The van der Waals surface area contributed by atoms with Gasteiger partial charge >= 0.3 is 0 Å². The van der Waals surface area contributed by atoms with E-state index in [1.165, 1.54) is 24.0 Å². The summed E-state index contributed by atoms with van der Waals surface area (Å²) in [6.45, 7) is 7.52. The third-order valence-electron chi connectivity index (χ3n) is 3.79. The van der Waals surface area contributed by atoms with Crippen LogP contribution in [0.25, 0.3) is 0 Å². The van der Waals surface area contributed by atoms with Crippen LogP contribution >= 0.6 is 0 Å². The van der Waals surface area contributed by atoms with Crippen molar-refractivity contribution in [1.82, 2.24) is 5.32 Å². The summed E-state index contributed by atoms with van der Waals surface area (Å²) in [4.78, 5) is 0. The quantitative estimate of drug-likeness (QED) is 0.779. The summed E-state index contributed by atoms with van der Waals surface area (Å²) in [6.07, 6.45) is 3.76. The fourth-order valence-electron chi connectivity index (χ4n) is 2.78. The average Bonchev–Trinajstić information content (AvgIpc) is 2.87. The van der Waals surface area contributed by atoms with Crippen molar-refractivity contribution in [1.29, 1.82) is 0 Å². The van der Waals surface area contributed by atoms with Gasteiger partial charge in [-0.3, -0.25) is 0 Å². The van der Waals surface area contributed by atoms with E-state index in [-0.39, 0.29) is 0 Å². The van der Waals surface area contributed by atoms with Crippen LogP contribution in [0.4, 0.5) is 0 Å². The zero-order valence-corrected chi connectivity index (χ0v) is 11.6. The molecule has 1 fully saturated rings. The summed E-state index contributed by atoms with van der Waals surface area (Å²) in [6, 6.07) is 8.73. The minimum Gasteiger partial charge on any atom is -0.373 e. The molecule has 2 unspecified atom stereocenters. The number of hydrogen-bond donors (Lipinski definition) is 1. The standard InChI is InChI=1S/C16H25NO/c1-3-10-17-12-14-9-11-18-16(14)15-8-6-5-7-13(15)4-2/h5-8,14,16-17H,3-4,9-12H2,1-2H3. The molecule has 0 amide bonds. The van der Waals surface area contributed by atoms with Gasteiger partial charge in [-0.25, -0.2) is 0 Å². The maximum Gasteiger partial charge on any atom is 0.0868 e. The van der Waals surface area contributed by atoms with Gasteiger partial charge in [0, 0.05) is 19.1 Å². The van der Waals surface area contributed by atoms with Gasteiger partial charge in [0.05, 0.1) is 6.10 Å². The van der Waals surface area contributed by atoms with Crippen LogP contribution < -0.4 is 5.32 Å². The maximum absolute atomic E-state index is 5.98. The number of rotatable bonds is 6. The highest BCUT2D eigenvalue weighted by molar-refractivity contribution is 5.30. The van der Waals surface area contributed by atoms with Crippen LogP contribution in [-0.2, 0) is 11.2 Å². The number of ether oxygens (including phenoxy) is 1. The first-order valence-electron chi connectivity index (χ1n) is 7.27. The Kier molecular flexibility index (Phi) is 5.21. The molecule has 0 radical (unpaired) electrons. The Balaban J connectivity index is 2.05. The Hall–Kier alpha value is -0.860. The normalized spacial score (nSPS) is 23.4. The number of benzene rings is 1. The Morgan fingerprint density at radius 3 is 2.89 bits per heavy atom. The van der Waals surface area contributed by atoms with Gasteiger partial charge in [0.25, 0.3) is 0 Å². The van der Waals surface area contributed by atoms with Gasteiger partial charge in [-0.2, -0.15) is 0 Å². The second-order valence-corrected chi connectivity index (χ2v) is 5.10. The molecule has 1 heterocycles. The van der Waals surface area contributed by atoms with Crippen LogP contribution in [0.15, 0.2) is 24.3 Å². The highest BCUT2D eigenvalue weighted by atomic mass is 16.5. The lowest BCUT2D eigenvalue weighted by Crippen LogP contribution is -2.25. The van der Waals surface area contributed by atoms with Gasteiger partial charge < -0.3 is 10.1 Å². The lowest BCUT2D eigenvalue weighted by atomic mass is 9.91. The Morgan fingerprint density at radius 1 is 1.28 bits per heavy atom. The molecule has 0 saturated carbocycles. The van der Waals surface area contributed by atoms with E-state index >= 15 is 0 Å². The van der Waals surface area contributed by atoms with Gasteiger partial charge in [0.2, 0.25) is 0 Å². The summed E-state index contributed by atoms with van der Waals surface area (Å²) in [5.74, 6) is 0.629. The van der Waals surface area contributed by atoms with Crippen molar-refractivity contribution in [3.63, 3.8) is 0 Å². The minimum absolute atomic E-state index is 0.297. The predicted octanol–water partition coefficient (Wildman–Crippen LogP) is 3.33. The Labute approximate surface area is 111 Å². The number of hydrogen-bond acceptors (Lipinski definition) is 2. The summed E-state index contributed by atoms with van der Waals surface area (Å²) < 4.78 is 5.98. The molecule has 1 aromatic carbocycles. The van der Waals surface area contributed by atoms with E-state index in [1.54, 1.807) is 0 Å². The molecule has 2 rings (SSSR count). The summed E-state index contributed by atoms with van der Waals surface area (Å²) >= 11 is 0. The van der Waals surface area contributed by atoms with E-state index < -0.39 is 0 Å². The SMILES string of the molecule is CCCNCC1CCOC1c1ccccc1CC. The zero-order valence-electron chi connectivity index (χ0n) is 11.6. The van der Waals surface area contributed by atoms with Crippen LogP contribution in [0.5, 0.6) is 0 Å². The highest BCUT2D eigenvalue weighted by Gasteiger charge is 2.30. The second-order valence-electron chi connectivity index (χ2n) is 5.10. The lowest BCUT2D eigenvalue weighted by Gasteiger charge is -2.21. The van der Waals surface area contributed by atoms with Crippen molar-refractivity contribution in [3.8, 4) is 0 Å². The van der Waals surface area contributed by atoms with Crippen LogP contribution in [0.3, 0.4) is 0 Å². The largest absolute Gasteiger partial charge is 0.373 e. The van der Waals surface area contributed by atoms with Crippen molar-refractivity contribution >= 4 is 0 Å². The molecule has 18 heavy (non-hydrogen) atoms. The second kappa shape index (κ2) is 6.91. The van der Waals surface area contributed by atoms with E-state index in [2.05, 4.69) is 43.4 Å². The highest BCUT2D eigenvalue weighted by Crippen LogP contribution is 2.35. The van der Waals surface area contributed by atoms with Crippen LogP contribution in [-0.4, -0.2) is 19.7 Å². The third kappa shape index (κ3) is 3.12. The van der Waals surface area contributed by atoms with Crippen molar-refractivity contribution in [2.45, 2.75) is 39.2 Å². The van der Waals surface area contributed by atoms with Crippen LogP contribution in [0.1, 0.15) is 43.9 Å². The van der Waals surface area contributed by atoms with Gasteiger partial charge in [-0.1, -0.05) is 38.1 Å². The van der Waals surface area contributed by atoms with E-state index in [1.807, 2.05) is 0 Å². The fourth-order valence-corrected chi connectivity index (χ4v) is 2.78. The molecule has 2 nitrogen and oxygen atoms in total. The van der Waals surface area contributed by atoms with E-state index in [4.69, 9.17) is 4.74 Å². The smallest absolute Gasteiger partial charge is 0.0868 e. The summed E-state index contributed by atoms with van der Waals surface area (Å²) in [5.41, 5.74) is 2.84. The van der Waals surface area contributed by atoms with Gasteiger partial charge in [-0.05, 0) is 36.9 Å². The van der Waals surface area contributed by atoms with Crippen LogP contribution in [0.2, 0.25) is 0 Å². The predicted molar refractivity (Wildman–Crippen MR) is 75.8 cm³/mol. The van der Waals surface area contributed by atoms with Crippen molar-refractivity contribution < 1.29 is 4.74 Å². The average molecular weight is 247 g/mol. The van der Waals surface area contributed by atoms with Crippen molar-refractivity contribution in [2.24, 2.45) is 5.92 Å². The number of aryl methyl sites for hydroxylation is 1. The minimum atomic E-state index is 0.297. The molecule has 0 bridgehead atoms. The maximum atomic E-state index is 5.98. The number of nitrogens with one attached hydrogen (secondary N) is 1. The molecule has 1 aliphatic rings. The summed E-state index contributed by atoms with van der Waals surface area (Å²) in [7, 11) is 0. The van der Waals surface area contributed by atoms with Gasteiger partial charge in [0.15, 0.2) is 0 Å². The molecule has 0 aliphatic carbocycles. The molecule has 1 aromatic rings. The first kappa shape index (κ1) is 13.6. The molecule has 2 atom stereocenters. The zero-order chi connectivity index (χ0) is 12.8. The van der Waals surface area contributed by atoms with E-state index in [0.717, 1.165) is 26.1 Å². The molecule has 1 N–H and O–H groups in total. The van der Waals surface area contributed by atoms with Gasteiger partial charge in [-0.15, -0.1) is 0 Å². The topological polar surface area (TPSA) is 21.3 Å². The van der Waals surface area contributed by atoms with Crippen LogP contribution in [0, 0.1) is 5.92 Å². The van der Waals surface area contributed by atoms with E-state index in [9.17, 15) is 0 Å². The third-order valence-corrected chi connectivity index (χ3v) is 3.79. The molecule has 1 saturated heterocycles. The molecule has 1 aliphatic heterocycles. The van der Waals surface area contributed by atoms with Crippen molar-refractivity contribution in [2.75, 3.05) is 19.7 Å². The summed E-state index contributed by atoms with van der Waals surface area (Å²) in [5, 5.41) is 3.53. The Bertz CT molecular complexity index is 364. The lowest BCUT2D eigenvalue weighted by molar-refractivity contribution is 0.0899. The fraction of sp³-hybridized carbons (Fsp3) is 0.625. The molecule has 100 valence electrons. The molecular weight excluding hydrogens is 222 g/mol. The Morgan fingerprint density at radius 2 is 2.11 bits per heavy atom. The molecule has 0 aromatic heterocycles. The van der Waals surface area contributed by atoms with Gasteiger partial charge in [0.1, 0.15) is 0 Å². The van der Waals surface area contributed by atoms with Crippen molar-refractivity contribution in [3.05, 3.63) is 35.4 Å². The molecular formula is C16H25NO. The van der Waals surface area contributed by atoms with E-state index in [0.29, 0.717) is 12.0 Å². The first-order chi connectivity index (χ1) is 8.86. The first-order valence-corrected chi connectivity index (χ1v) is 7.27.